The van der Waals surface area contributed by atoms with Crippen LogP contribution in [-0.2, 0) is 27.7 Å². The number of benzene rings is 3. The van der Waals surface area contributed by atoms with Crippen LogP contribution in [-0.4, -0.2) is 20.4 Å². The van der Waals surface area contributed by atoms with E-state index in [1.807, 2.05) is 54.6 Å². The number of halogens is 1. The van der Waals surface area contributed by atoms with Crippen LogP contribution in [0.3, 0.4) is 0 Å². The minimum absolute atomic E-state index is 0.106. The molecule has 0 fully saturated rings. The normalized spacial score (nSPS) is 12.3. The van der Waals surface area contributed by atoms with Gasteiger partial charge in [-0.25, -0.2) is 12.8 Å². The number of nitrogens with one attached hydrogen (secondary N) is 2. The van der Waals surface area contributed by atoms with Gasteiger partial charge in [0.15, 0.2) is 0 Å². The third-order valence-electron chi connectivity index (χ3n) is 5.06. The molecule has 2 N–H and O–H groups in total. The second-order valence-corrected chi connectivity index (χ2v) is 9.32. The van der Waals surface area contributed by atoms with E-state index in [-0.39, 0.29) is 11.3 Å². The molecule has 168 valence electrons. The summed E-state index contributed by atoms with van der Waals surface area (Å²) in [5, 5.41) is 2.80. The highest BCUT2D eigenvalue weighted by molar-refractivity contribution is 7.89. The maximum atomic E-state index is 13.2. The average molecular weight is 455 g/mol. The summed E-state index contributed by atoms with van der Waals surface area (Å²) in [6.07, 6.45) is 3.34. The van der Waals surface area contributed by atoms with Crippen LogP contribution in [0, 0.1) is 5.82 Å². The van der Waals surface area contributed by atoms with Crippen molar-refractivity contribution >= 4 is 21.6 Å². The van der Waals surface area contributed by atoms with Gasteiger partial charge in [-0.2, -0.15) is 4.72 Å². The summed E-state index contributed by atoms with van der Waals surface area (Å²) in [7, 11) is -4.03. The van der Waals surface area contributed by atoms with Crippen LogP contribution in [0.2, 0.25) is 0 Å². The molecule has 7 heteroatoms. The van der Waals surface area contributed by atoms with Crippen LogP contribution in [0.5, 0.6) is 0 Å². The Labute approximate surface area is 188 Å². The smallest absolute Gasteiger partial charge is 0.242 e. The predicted octanol–water partition coefficient (Wildman–Crippen LogP) is 4.70. The molecule has 0 aliphatic carbocycles. The highest BCUT2D eigenvalue weighted by atomic mass is 32.2. The van der Waals surface area contributed by atoms with Crippen molar-refractivity contribution in [1.82, 2.24) is 4.72 Å². The van der Waals surface area contributed by atoms with Gasteiger partial charge in [0.2, 0.25) is 15.9 Å². The molecular formula is C25H27FN2O3S. The van der Waals surface area contributed by atoms with Gasteiger partial charge in [-0.05, 0) is 66.8 Å². The number of unbranched alkanes of at least 4 members (excludes halogenated alkanes) is 1. The lowest BCUT2D eigenvalue weighted by atomic mass is 10.1. The minimum Gasteiger partial charge on any atom is -0.325 e. The van der Waals surface area contributed by atoms with Gasteiger partial charge in [0.1, 0.15) is 11.9 Å². The third-order valence-corrected chi connectivity index (χ3v) is 6.55. The molecular weight excluding hydrogens is 427 g/mol. The molecule has 0 heterocycles. The van der Waals surface area contributed by atoms with Crippen molar-refractivity contribution in [2.45, 2.75) is 43.5 Å². The van der Waals surface area contributed by atoms with Gasteiger partial charge in [-0.3, -0.25) is 4.79 Å². The standard InChI is InChI=1S/C25H27FN2O3S/c1-2-3-7-19-10-14-22(15-11-19)27-25(29)24(18-20-8-5-4-6-9-20)28-32(30,31)23-16-12-21(26)13-17-23/h4-6,8-17,24,28H,2-3,7,18H2,1H3,(H,27,29). The summed E-state index contributed by atoms with van der Waals surface area (Å²) >= 11 is 0. The number of anilines is 1. The summed E-state index contributed by atoms with van der Waals surface area (Å²) in [5.74, 6) is -1.01. The number of sulfonamides is 1. The fourth-order valence-electron chi connectivity index (χ4n) is 3.27. The number of aryl methyl sites for hydroxylation is 1. The van der Waals surface area contributed by atoms with E-state index in [1.54, 1.807) is 0 Å². The Balaban J connectivity index is 1.78. The molecule has 0 spiro atoms. The van der Waals surface area contributed by atoms with Crippen LogP contribution in [0.4, 0.5) is 10.1 Å². The number of carbonyl (C=O) groups excluding carboxylic acids is 1. The topological polar surface area (TPSA) is 75.3 Å². The molecule has 1 unspecified atom stereocenters. The van der Waals surface area contributed by atoms with Crippen molar-refractivity contribution in [2.75, 3.05) is 5.32 Å². The second-order valence-electron chi connectivity index (χ2n) is 7.61. The number of rotatable bonds is 10. The number of hydrogen-bond acceptors (Lipinski definition) is 3. The maximum Gasteiger partial charge on any atom is 0.242 e. The zero-order chi connectivity index (χ0) is 23.0. The Hall–Kier alpha value is -3.03. The second kappa shape index (κ2) is 11.0. The predicted molar refractivity (Wildman–Crippen MR) is 124 cm³/mol. The summed E-state index contributed by atoms with van der Waals surface area (Å²) in [4.78, 5) is 12.9. The summed E-state index contributed by atoms with van der Waals surface area (Å²) in [6.45, 7) is 2.13. The molecule has 1 atom stereocenters. The van der Waals surface area contributed by atoms with Gasteiger partial charge in [-0.1, -0.05) is 55.8 Å². The van der Waals surface area contributed by atoms with E-state index in [9.17, 15) is 17.6 Å². The van der Waals surface area contributed by atoms with Gasteiger partial charge in [0, 0.05) is 5.69 Å². The first-order valence-electron chi connectivity index (χ1n) is 10.6. The first-order valence-corrected chi connectivity index (χ1v) is 12.1. The Morgan fingerprint density at radius 2 is 1.56 bits per heavy atom. The van der Waals surface area contributed by atoms with Crippen LogP contribution < -0.4 is 10.0 Å². The van der Waals surface area contributed by atoms with Crippen molar-refractivity contribution in [3.63, 3.8) is 0 Å². The summed E-state index contributed by atoms with van der Waals surface area (Å²) in [6, 6.07) is 20.1. The van der Waals surface area contributed by atoms with Crippen molar-refractivity contribution in [3.8, 4) is 0 Å². The highest BCUT2D eigenvalue weighted by Crippen LogP contribution is 2.15. The van der Waals surface area contributed by atoms with Gasteiger partial charge < -0.3 is 5.32 Å². The van der Waals surface area contributed by atoms with E-state index in [4.69, 9.17) is 0 Å². The minimum atomic E-state index is -4.03. The Morgan fingerprint density at radius 1 is 0.906 bits per heavy atom. The van der Waals surface area contributed by atoms with E-state index in [0.717, 1.165) is 37.0 Å². The Kier molecular flexibility index (Phi) is 8.14. The Morgan fingerprint density at radius 3 is 2.19 bits per heavy atom. The molecule has 0 aliphatic heterocycles. The van der Waals surface area contributed by atoms with E-state index >= 15 is 0 Å². The lowest BCUT2D eigenvalue weighted by Crippen LogP contribution is -2.45. The molecule has 32 heavy (non-hydrogen) atoms. The monoisotopic (exact) mass is 454 g/mol. The largest absolute Gasteiger partial charge is 0.325 e. The van der Waals surface area contributed by atoms with Crippen molar-refractivity contribution in [2.24, 2.45) is 0 Å². The van der Waals surface area contributed by atoms with Gasteiger partial charge in [-0.15, -0.1) is 0 Å². The van der Waals surface area contributed by atoms with Gasteiger partial charge in [0.05, 0.1) is 4.90 Å². The maximum absolute atomic E-state index is 13.2. The van der Waals surface area contributed by atoms with E-state index in [2.05, 4.69) is 17.0 Å². The number of carbonyl (C=O) groups is 1. The molecule has 0 saturated heterocycles. The molecule has 0 bridgehead atoms. The summed E-state index contributed by atoms with van der Waals surface area (Å²) in [5.41, 5.74) is 2.58. The van der Waals surface area contributed by atoms with E-state index < -0.39 is 27.8 Å². The first-order chi connectivity index (χ1) is 15.4. The highest BCUT2D eigenvalue weighted by Gasteiger charge is 2.26. The van der Waals surface area contributed by atoms with Crippen molar-refractivity contribution < 1.29 is 17.6 Å². The zero-order valence-corrected chi connectivity index (χ0v) is 18.7. The molecule has 5 nitrogen and oxygen atoms in total. The molecule has 0 aliphatic rings. The van der Waals surface area contributed by atoms with Crippen LogP contribution in [0.1, 0.15) is 30.9 Å². The molecule has 0 saturated carbocycles. The van der Waals surface area contributed by atoms with E-state index in [0.29, 0.717) is 5.69 Å². The SMILES string of the molecule is CCCCc1ccc(NC(=O)C(Cc2ccccc2)NS(=O)(=O)c2ccc(F)cc2)cc1. The quantitative estimate of drug-likeness (QED) is 0.466. The zero-order valence-electron chi connectivity index (χ0n) is 17.9. The van der Waals surface area contributed by atoms with Crippen LogP contribution >= 0.6 is 0 Å². The van der Waals surface area contributed by atoms with Crippen LogP contribution in [0.25, 0.3) is 0 Å². The van der Waals surface area contributed by atoms with Gasteiger partial charge >= 0.3 is 0 Å². The molecule has 0 aromatic heterocycles. The third kappa shape index (κ3) is 6.73. The molecule has 3 rings (SSSR count). The Bertz CT molecular complexity index is 1120. The first kappa shape index (κ1) is 23.6. The van der Waals surface area contributed by atoms with Crippen molar-refractivity contribution in [3.05, 3.63) is 95.8 Å². The average Bonchev–Trinajstić information content (AvgIpc) is 2.79. The fourth-order valence-corrected chi connectivity index (χ4v) is 4.47. The van der Waals surface area contributed by atoms with Gasteiger partial charge in [0.25, 0.3) is 0 Å². The van der Waals surface area contributed by atoms with Crippen LogP contribution in [0.15, 0.2) is 83.8 Å². The fraction of sp³-hybridized carbons (Fsp3) is 0.240. The number of amides is 1. The molecule has 3 aromatic rings. The molecule has 1 amide bonds. The molecule has 3 aromatic carbocycles. The lowest BCUT2D eigenvalue weighted by molar-refractivity contribution is -0.117. The van der Waals surface area contributed by atoms with Crippen molar-refractivity contribution in [1.29, 1.82) is 0 Å². The lowest BCUT2D eigenvalue weighted by Gasteiger charge is -2.19. The number of hydrogen-bond donors (Lipinski definition) is 2. The molecule has 0 radical (unpaired) electrons. The van der Waals surface area contributed by atoms with E-state index in [1.165, 1.54) is 17.7 Å². The summed E-state index contributed by atoms with van der Waals surface area (Å²) < 4.78 is 41.4.